The van der Waals surface area contributed by atoms with Crippen LogP contribution in [0.1, 0.15) is 245 Å². The minimum Gasteiger partial charge on any atom is -0.480 e. The van der Waals surface area contributed by atoms with E-state index >= 15 is 0 Å². The van der Waals surface area contributed by atoms with Crippen LogP contribution in [-0.4, -0.2) is 60.5 Å². The van der Waals surface area contributed by atoms with Crippen LogP contribution in [0.5, 0.6) is 0 Å². The molecule has 0 aliphatic carbocycles. The smallest absolute Gasteiger partial charge is 0.472 e. The number of ether oxygens (including phenoxy) is 2. The second-order valence-electron chi connectivity index (χ2n) is 18.7. The Bertz CT molecular complexity index is 1380. The summed E-state index contributed by atoms with van der Waals surface area (Å²) in [5.41, 5.74) is 5.39. The summed E-state index contributed by atoms with van der Waals surface area (Å²) in [4.78, 5) is 33.8. The predicted molar refractivity (Wildman–Crippen MR) is 290 cm³/mol. The van der Waals surface area contributed by atoms with Gasteiger partial charge in [0.2, 0.25) is 0 Å². The van der Waals surface area contributed by atoms with Crippen LogP contribution in [0.25, 0.3) is 0 Å². The van der Waals surface area contributed by atoms with Crippen molar-refractivity contribution in [3.8, 4) is 0 Å². The van der Waals surface area contributed by atoms with Crippen LogP contribution in [0.15, 0.2) is 72.9 Å². The Balaban J connectivity index is 4.10. The maximum absolute atomic E-state index is 12.7. The summed E-state index contributed by atoms with van der Waals surface area (Å²) in [6.45, 7) is 3.78. The number of phosphoric ester groups is 1. The van der Waals surface area contributed by atoms with Crippen molar-refractivity contribution in [3.63, 3.8) is 0 Å². The SMILES string of the molecule is CC/C=C\C/C=C\C/C=C\C/C=C\CCCCCCCCCCCCC(=O)OC(COCCCCCCCCCCCCCC/C=C\C/C=C\CCCCCCC)COP(=O)(O)OCC(N)C(=O)O. The molecule has 0 aromatic carbocycles. The van der Waals surface area contributed by atoms with Crippen molar-refractivity contribution in [1.29, 1.82) is 0 Å². The lowest BCUT2D eigenvalue weighted by Crippen LogP contribution is -2.34. The molecule has 0 spiro atoms. The molecule has 0 aromatic heterocycles. The van der Waals surface area contributed by atoms with Gasteiger partial charge in [-0.25, -0.2) is 4.57 Å². The van der Waals surface area contributed by atoms with Gasteiger partial charge in [0, 0.05) is 13.0 Å². The van der Waals surface area contributed by atoms with Gasteiger partial charge in [0.15, 0.2) is 0 Å². The monoisotopic (exact) mass is 990 g/mol. The van der Waals surface area contributed by atoms with E-state index in [0.717, 1.165) is 77.0 Å². The zero-order chi connectivity index (χ0) is 50.4. The highest BCUT2D eigenvalue weighted by atomic mass is 31.2. The Morgan fingerprint density at radius 1 is 0.478 bits per heavy atom. The molecule has 0 saturated heterocycles. The van der Waals surface area contributed by atoms with Crippen LogP contribution in [0.4, 0.5) is 0 Å². The number of esters is 1. The molecule has 400 valence electrons. The minimum absolute atomic E-state index is 0.0124. The normalized spacial score (nSPS) is 14.1. The van der Waals surface area contributed by atoms with Crippen LogP contribution >= 0.6 is 7.82 Å². The number of aliphatic carboxylic acids is 1. The van der Waals surface area contributed by atoms with Gasteiger partial charge in [-0.3, -0.25) is 18.6 Å². The number of hydrogen-bond acceptors (Lipinski definition) is 8. The van der Waals surface area contributed by atoms with Crippen LogP contribution in [0, 0.1) is 0 Å². The molecular weight excluding hydrogens is 886 g/mol. The highest BCUT2D eigenvalue weighted by Crippen LogP contribution is 2.43. The van der Waals surface area contributed by atoms with Gasteiger partial charge in [-0.2, -0.15) is 0 Å². The Hall–Kier alpha value is -2.59. The summed E-state index contributed by atoms with van der Waals surface area (Å²) >= 11 is 0. The lowest BCUT2D eigenvalue weighted by atomic mass is 10.0. The van der Waals surface area contributed by atoms with E-state index in [1.165, 1.54) is 141 Å². The third kappa shape index (κ3) is 53.1. The van der Waals surface area contributed by atoms with Crippen LogP contribution in [0.3, 0.4) is 0 Å². The van der Waals surface area contributed by atoms with E-state index in [0.29, 0.717) is 13.0 Å². The predicted octanol–water partition coefficient (Wildman–Crippen LogP) is 16.9. The molecule has 0 rings (SSSR count). The van der Waals surface area contributed by atoms with Crippen molar-refractivity contribution in [1.82, 2.24) is 0 Å². The number of carboxylic acid groups (broad SMARTS) is 1. The van der Waals surface area contributed by atoms with E-state index in [1.807, 2.05) is 0 Å². The molecule has 0 amide bonds. The van der Waals surface area contributed by atoms with E-state index in [2.05, 4.69) is 86.8 Å². The molecule has 0 aromatic rings. The maximum Gasteiger partial charge on any atom is 0.472 e. The lowest BCUT2D eigenvalue weighted by Gasteiger charge is -2.20. The highest BCUT2D eigenvalue weighted by molar-refractivity contribution is 7.47. The zero-order valence-corrected chi connectivity index (χ0v) is 45.0. The maximum atomic E-state index is 12.7. The topological polar surface area (TPSA) is 155 Å². The van der Waals surface area contributed by atoms with Gasteiger partial charge in [0.05, 0.1) is 19.8 Å². The summed E-state index contributed by atoms with van der Waals surface area (Å²) in [5, 5.41) is 8.95. The van der Waals surface area contributed by atoms with Gasteiger partial charge in [-0.15, -0.1) is 0 Å². The van der Waals surface area contributed by atoms with Gasteiger partial charge < -0.3 is 25.2 Å². The van der Waals surface area contributed by atoms with E-state index in [4.69, 9.17) is 29.4 Å². The molecule has 0 fully saturated rings. The van der Waals surface area contributed by atoms with Crippen molar-refractivity contribution in [2.24, 2.45) is 5.73 Å². The first-order chi connectivity index (χ1) is 33.7. The van der Waals surface area contributed by atoms with Gasteiger partial charge >= 0.3 is 19.8 Å². The van der Waals surface area contributed by atoms with Gasteiger partial charge in [-0.05, 0) is 83.5 Å². The Morgan fingerprint density at radius 3 is 1.26 bits per heavy atom. The third-order valence-corrected chi connectivity index (χ3v) is 12.9. The molecule has 0 heterocycles. The van der Waals surface area contributed by atoms with Crippen molar-refractivity contribution >= 4 is 19.8 Å². The quantitative estimate of drug-likeness (QED) is 0.0232. The fourth-order valence-electron chi connectivity index (χ4n) is 7.69. The molecule has 0 aliphatic heterocycles. The third-order valence-electron chi connectivity index (χ3n) is 12.0. The molecule has 0 radical (unpaired) electrons. The van der Waals surface area contributed by atoms with Crippen molar-refractivity contribution in [3.05, 3.63) is 72.9 Å². The second-order valence-corrected chi connectivity index (χ2v) is 20.1. The number of carbonyl (C=O) groups excluding carboxylic acids is 1. The van der Waals surface area contributed by atoms with Gasteiger partial charge in [-0.1, -0.05) is 228 Å². The van der Waals surface area contributed by atoms with Crippen molar-refractivity contribution in [2.75, 3.05) is 26.4 Å². The van der Waals surface area contributed by atoms with E-state index in [1.54, 1.807) is 0 Å². The average Bonchev–Trinajstić information content (AvgIpc) is 3.33. The first-order valence-electron chi connectivity index (χ1n) is 28.0. The van der Waals surface area contributed by atoms with Gasteiger partial charge in [0.1, 0.15) is 12.1 Å². The van der Waals surface area contributed by atoms with E-state index in [9.17, 15) is 19.0 Å². The number of rotatable bonds is 53. The first-order valence-corrected chi connectivity index (χ1v) is 29.5. The average molecular weight is 990 g/mol. The lowest BCUT2D eigenvalue weighted by molar-refractivity contribution is -0.154. The van der Waals surface area contributed by atoms with Crippen LogP contribution in [-0.2, 0) is 32.7 Å². The van der Waals surface area contributed by atoms with Crippen molar-refractivity contribution in [2.45, 2.75) is 257 Å². The number of hydrogen-bond donors (Lipinski definition) is 3. The largest absolute Gasteiger partial charge is 0.480 e. The molecule has 10 nitrogen and oxygen atoms in total. The highest BCUT2D eigenvalue weighted by Gasteiger charge is 2.27. The minimum atomic E-state index is -4.63. The van der Waals surface area contributed by atoms with E-state index in [-0.39, 0.29) is 13.0 Å². The molecule has 69 heavy (non-hydrogen) atoms. The fraction of sp³-hybridized carbons (Fsp3) is 0.759. The summed E-state index contributed by atoms with van der Waals surface area (Å²) in [7, 11) is -4.63. The Labute approximate surface area is 423 Å². The molecule has 0 saturated carbocycles. The summed E-state index contributed by atoms with van der Waals surface area (Å²) in [6.07, 6.45) is 68.2. The Morgan fingerprint density at radius 2 is 0.841 bits per heavy atom. The number of allylic oxidation sites excluding steroid dienone is 12. The zero-order valence-electron chi connectivity index (χ0n) is 44.1. The molecule has 3 unspecified atom stereocenters. The summed E-state index contributed by atoms with van der Waals surface area (Å²) in [5.74, 6) is -1.78. The van der Waals surface area contributed by atoms with Crippen LogP contribution < -0.4 is 5.73 Å². The number of nitrogens with two attached hydrogens (primary N) is 1. The van der Waals surface area contributed by atoms with Crippen LogP contribution in [0.2, 0.25) is 0 Å². The number of unbranched alkanes of at least 4 members (excludes halogenated alkanes) is 27. The summed E-state index contributed by atoms with van der Waals surface area (Å²) < 4.78 is 33.6. The van der Waals surface area contributed by atoms with E-state index < -0.39 is 45.1 Å². The molecule has 11 heteroatoms. The number of carboxylic acids is 1. The molecule has 3 atom stereocenters. The van der Waals surface area contributed by atoms with Crippen molar-refractivity contribution < 1.29 is 42.7 Å². The Kier molecular flexibility index (Phi) is 51.2. The number of phosphoric acid groups is 1. The van der Waals surface area contributed by atoms with Gasteiger partial charge in [0.25, 0.3) is 0 Å². The fourth-order valence-corrected chi connectivity index (χ4v) is 8.46. The standard InChI is InChI=1S/C58H104NO9P/c1-3-5-7-9-11-13-15-17-19-21-23-25-27-29-31-33-35-37-39-41-43-45-47-49-51-65-52-55(53-66-69(63,64)67-54-56(59)58(61)62)68-57(60)50-48-46-44-42-40-38-36-34-32-30-28-26-24-22-20-18-16-14-12-10-8-6-4-2/h6,8,12,14-15,17-18,20-21,23-24,26,55-56H,3-5,7,9-11,13,16,19,22,25,27-54,59H2,1-2H3,(H,61,62)(H,63,64)/b8-6-,14-12-,17-15-,20-18-,23-21-,26-24-. The summed E-state index contributed by atoms with van der Waals surface area (Å²) in [6, 6.07) is -1.48. The molecule has 0 bridgehead atoms. The molecule has 4 N–H and O–H groups in total. The first kappa shape index (κ1) is 66.4. The molecule has 0 aliphatic rings. The molecular formula is C58H104NO9P. The number of carbonyl (C=O) groups is 2. The second kappa shape index (κ2) is 53.2.